The van der Waals surface area contributed by atoms with E-state index in [4.69, 9.17) is 0 Å². The van der Waals surface area contributed by atoms with Crippen molar-refractivity contribution in [3.05, 3.63) is 0 Å². The Balaban J connectivity index is 2.46. The second kappa shape index (κ2) is 3.25. The summed E-state index contributed by atoms with van der Waals surface area (Å²) in [6.45, 7) is 0. The van der Waals surface area contributed by atoms with Crippen molar-refractivity contribution in [2.75, 3.05) is 0 Å². The molecule has 0 saturated heterocycles. The van der Waals surface area contributed by atoms with Gasteiger partial charge >= 0.3 is 6.18 Å². The third-order valence-corrected chi connectivity index (χ3v) is 2.58. The van der Waals surface area contributed by atoms with Crippen LogP contribution in [0.4, 0.5) is 13.2 Å². The molecule has 1 fully saturated rings. The molecule has 0 aromatic rings. The summed E-state index contributed by atoms with van der Waals surface area (Å²) >= 11 is 4.05. The monoisotopic (exact) mass is 184 g/mol. The summed E-state index contributed by atoms with van der Waals surface area (Å²) in [5.74, 6) is -1.10. The molecule has 0 aromatic carbocycles. The van der Waals surface area contributed by atoms with Gasteiger partial charge in [-0.3, -0.25) is 0 Å². The summed E-state index contributed by atoms with van der Waals surface area (Å²) < 4.78 is 36.2. The van der Waals surface area contributed by atoms with E-state index >= 15 is 0 Å². The average molecular weight is 184 g/mol. The van der Waals surface area contributed by atoms with Crippen molar-refractivity contribution in [1.82, 2.24) is 0 Å². The molecule has 0 spiro atoms. The molecule has 2 atom stereocenters. The molecule has 1 saturated carbocycles. The predicted octanol–water partition coefficient (Wildman–Crippen LogP) is 3.04. The molecule has 1 aliphatic carbocycles. The summed E-state index contributed by atoms with van der Waals surface area (Å²) in [4.78, 5) is 0. The van der Waals surface area contributed by atoms with Gasteiger partial charge in [-0.25, -0.2) is 0 Å². The first-order valence-corrected chi connectivity index (χ1v) is 4.26. The predicted molar refractivity (Wildman–Crippen MR) is 40.8 cm³/mol. The van der Waals surface area contributed by atoms with Gasteiger partial charge in [-0.15, -0.1) is 0 Å². The van der Waals surface area contributed by atoms with Crippen LogP contribution in [-0.4, -0.2) is 11.4 Å². The minimum Gasteiger partial charge on any atom is -0.176 e. The van der Waals surface area contributed by atoms with Crippen molar-refractivity contribution >= 4 is 12.6 Å². The van der Waals surface area contributed by atoms with Crippen molar-refractivity contribution in [3.63, 3.8) is 0 Å². The lowest BCUT2D eigenvalue weighted by Gasteiger charge is -2.27. The molecule has 0 bridgehead atoms. The Morgan fingerprint density at radius 3 is 2.18 bits per heavy atom. The number of hydrogen-bond acceptors (Lipinski definition) is 1. The van der Waals surface area contributed by atoms with E-state index < -0.39 is 12.1 Å². The van der Waals surface area contributed by atoms with Crippen molar-refractivity contribution in [2.24, 2.45) is 5.92 Å². The van der Waals surface area contributed by atoms with Crippen LogP contribution in [-0.2, 0) is 0 Å². The fraction of sp³-hybridized carbons (Fsp3) is 1.00. The molecule has 0 amide bonds. The van der Waals surface area contributed by atoms with Crippen LogP contribution < -0.4 is 0 Å². The zero-order valence-electron chi connectivity index (χ0n) is 6.06. The topological polar surface area (TPSA) is 0 Å². The van der Waals surface area contributed by atoms with Crippen molar-refractivity contribution in [2.45, 2.75) is 37.1 Å². The fourth-order valence-electron chi connectivity index (χ4n) is 1.46. The second-order valence-electron chi connectivity index (χ2n) is 3.06. The third kappa shape index (κ3) is 2.58. The zero-order valence-corrected chi connectivity index (χ0v) is 6.96. The maximum absolute atomic E-state index is 12.1. The van der Waals surface area contributed by atoms with Crippen LogP contribution in [0, 0.1) is 5.92 Å². The van der Waals surface area contributed by atoms with E-state index in [1.807, 2.05) is 0 Å². The fourth-order valence-corrected chi connectivity index (χ4v) is 1.90. The molecule has 1 rings (SSSR count). The Hall–Kier alpha value is 0.140. The normalized spacial score (nSPS) is 33.8. The molecule has 0 aliphatic heterocycles. The van der Waals surface area contributed by atoms with Gasteiger partial charge in [0.2, 0.25) is 0 Å². The number of alkyl halides is 3. The van der Waals surface area contributed by atoms with Crippen molar-refractivity contribution in [3.8, 4) is 0 Å². The minimum atomic E-state index is -4.00. The Kier molecular flexibility index (Phi) is 2.73. The highest BCUT2D eigenvalue weighted by molar-refractivity contribution is 7.80. The SMILES string of the molecule is FC(F)(F)C1CCC[C@@H](S)C1. The lowest BCUT2D eigenvalue weighted by Crippen LogP contribution is -2.28. The van der Waals surface area contributed by atoms with Crippen molar-refractivity contribution < 1.29 is 13.2 Å². The second-order valence-corrected chi connectivity index (χ2v) is 3.79. The van der Waals surface area contributed by atoms with Gasteiger partial charge in [0.15, 0.2) is 0 Å². The van der Waals surface area contributed by atoms with Crippen LogP contribution in [0.3, 0.4) is 0 Å². The molecule has 4 heteroatoms. The van der Waals surface area contributed by atoms with Crippen LogP contribution in [0.5, 0.6) is 0 Å². The Morgan fingerprint density at radius 1 is 1.18 bits per heavy atom. The smallest absolute Gasteiger partial charge is 0.176 e. The van der Waals surface area contributed by atoms with Gasteiger partial charge in [-0.1, -0.05) is 6.42 Å². The highest BCUT2D eigenvalue weighted by Gasteiger charge is 2.41. The summed E-state index contributed by atoms with van der Waals surface area (Å²) in [5.41, 5.74) is 0. The first-order chi connectivity index (χ1) is 5.00. The quantitative estimate of drug-likeness (QED) is 0.549. The molecule has 0 aromatic heterocycles. The van der Waals surface area contributed by atoms with Gasteiger partial charge in [0.25, 0.3) is 0 Å². The van der Waals surface area contributed by atoms with Gasteiger partial charge in [0.05, 0.1) is 5.92 Å². The minimum absolute atomic E-state index is 0.0459. The maximum atomic E-state index is 12.1. The number of halogens is 3. The van der Waals surface area contributed by atoms with E-state index in [-0.39, 0.29) is 11.7 Å². The molecular formula is C7H11F3S. The van der Waals surface area contributed by atoms with Crippen LogP contribution in [0.2, 0.25) is 0 Å². The molecule has 1 aliphatic rings. The number of hydrogen-bond donors (Lipinski definition) is 1. The molecule has 0 N–H and O–H groups in total. The molecule has 0 heterocycles. The lowest BCUT2D eigenvalue weighted by molar-refractivity contribution is -0.181. The van der Waals surface area contributed by atoms with E-state index in [1.165, 1.54) is 0 Å². The van der Waals surface area contributed by atoms with Gasteiger partial charge in [-0.2, -0.15) is 25.8 Å². The molecule has 0 nitrogen and oxygen atoms in total. The summed E-state index contributed by atoms with van der Waals surface area (Å²) in [5, 5.41) is -0.0459. The molecule has 66 valence electrons. The third-order valence-electron chi connectivity index (χ3n) is 2.11. The first kappa shape index (κ1) is 9.23. The van der Waals surface area contributed by atoms with Crippen molar-refractivity contribution in [1.29, 1.82) is 0 Å². The van der Waals surface area contributed by atoms with E-state index in [0.29, 0.717) is 12.8 Å². The maximum Gasteiger partial charge on any atom is 0.391 e. The molecule has 0 radical (unpaired) electrons. The van der Waals surface area contributed by atoms with Gasteiger partial charge in [0, 0.05) is 5.25 Å². The van der Waals surface area contributed by atoms with Gasteiger partial charge < -0.3 is 0 Å². The van der Waals surface area contributed by atoms with E-state index in [2.05, 4.69) is 12.6 Å². The summed E-state index contributed by atoms with van der Waals surface area (Å²) in [6.07, 6.45) is -2.01. The number of thiol groups is 1. The van der Waals surface area contributed by atoms with Crippen LogP contribution in [0.1, 0.15) is 25.7 Å². The molecule has 1 unspecified atom stereocenters. The van der Waals surface area contributed by atoms with Gasteiger partial charge in [0.1, 0.15) is 0 Å². The zero-order chi connectivity index (χ0) is 8.48. The first-order valence-electron chi connectivity index (χ1n) is 3.75. The average Bonchev–Trinajstić information content (AvgIpc) is 1.86. The molecular weight excluding hydrogens is 173 g/mol. The van der Waals surface area contributed by atoms with E-state index in [0.717, 1.165) is 6.42 Å². The summed E-state index contributed by atoms with van der Waals surface area (Å²) in [7, 11) is 0. The number of rotatable bonds is 0. The highest BCUT2D eigenvalue weighted by atomic mass is 32.1. The Labute approximate surface area is 69.6 Å². The van der Waals surface area contributed by atoms with E-state index in [1.54, 1.807) is 0 Å². The summed E-state index contributed by atoms with van der Waals surface area (Å²) in [6, 6.07) is 0. The van der Waals surface area contributed by atoms with Crippen LogP contribution >= 0.6 is 12.6 Å². The van der Waals surface area contributed by atoms with Gasteiger partial charge in [-0.05, 0) is 19.3 Å². The van der Waals surface area contributed by atoms with E-state index in [9.17, 15) is 13.2 Å². The Bertz CT molecular complexity index is 132. The standard InChI is InChI=1S/C7H11F3S/c8-7(9,10)5-2-1-3-6(11)4-5/h5-6,11H,1-4H2/t5?,6-/m1/s1. The Morgan fingerprint density at radius 2 is 1.82 bits per heavy atom. The van der Waals surface area contributed by atoms with Crippen LogP contribution in [0.15, 0.2) is 0 Å². The van der Waals surface area contributed by atoms with Crippen LogP contribution in [0.25, 0.3) is 0 Å². The largest absolute Gasteiger partial charge is 0.391 e. The highest BCUT2D eigenvalue weighted by Crippen LogP contribution is 2.38. The lowest BCUT2D eigenvalue weighted by atomic mass is 9.88. The molecule has 11 heavy (non-hydrogen) atoms.